The van der Waals surface area contributed by atoms with E-state index >= 15 is 0 Å². The lowest BCUT2D eigenvalue weighted by molar-refractivity contribution is -0.385. The Hall–Kier alpha value is -2.94. The van der Waals surface area contributed by atoms with E-state index in [-0.39, 0.29) is 26.7 Å². The molecule has 2 N–H and O–H groups in total. The zero-order chi connectivity index (χ0) is 18.0. The molecule has 1 heterocycles. The van der Waals surface area contributed by atoms with Crippen LogP contribution in [-0.2, 0) is 9.84 Å². The Kier molecular flexibility index (Phi) is 4.41. The van der Waals surface area contributed by atoms with Crippen LogP contribution in [0, 0.1) is 10.1 Å². The van der Waals surface area contributed by atoms with Gasteiger partial charge in [-0.05, 0) is 24.6 Å². The zero-order valence-corrected chi connectivity index (χ0v) is 13.9. The molecule has 1 aliphatic rings. The van der Waals surface area contributed by atoms with Crippen LogP contribution in [0.15, 0.2) is 52.3 Å². The summed E-state index contributed by atoms with van der Waals surface area (Å²) >= 11 is 0. The van der Waals surface area contributed by atoms with Gasteiger partial charge < -0.3 is 10.6 Å². The van der Waals surface area contributed by atoms with Crippen molar-refractivity contribution in [2.75, 3.05) is 18.4 Å². The van der Waals surface area contributed by atoms with Crippen LogP contribution in [0.3, 0.4) is 0 Å². The number of rotatable bonds is 1. The van der Waals surface area contributed by atoms with Crippen LogP contribution in [-0.4, -0.2) is 32.3 Å². The van der Waals surface area contributed by atoms with Gasteiger partial charge in [-0.1, -0.05) is 12.1 Å². The molecule has 0 fully saturated rings. The lowest BCUT2D eigenvalue weighted by Crippen LogP contribution is -2.26. The third-order valence-corrected chi connectivity index (χ3v) is 5.69. The number of anilines is 1. The summed E-state index contributed by atoms with van der Waals surface area (Å²) in [5.74, 6) is -0.493. The lowest BCUT2D eigenvalue weighted by atomic mass is 10.2. The topological polar surface area (TPSA) is 118 Å². The highest BCUT2D eigenvalue weighted by molar-refractivity contribution is 7.91. The van der Waals surface area contributed by atoms with Crippen LogP contribution < -0.4 is 10.6 Å². The summed E-state index contributed by atoms with van der Waals surface area (Å²) in [7, 11) is -4.13. The van der Waals surface area contributed by atoms with Crippen molar-refractivity contribution >= 4 is 27.1 Å². The van der Waals surface area contributed by atoms with E-state index in [0.717, 1.165) is 6.07 Å². The molecule has 0 saturated carbocycles. The van der Waals surface area contributed by atoms with Crippen molar-refractivity contribution in [1.82, 2.24) is 5.32 Å². The summed E-state index contributed by atoms with van der Waals surface area (Å²) in [6, 6.07) is 9.46. The van der Waals surface area contributed by atoms with Gasteiger partial charge in [-0.3, -0.25) is 14.9 Å². The van der Waals surface area contributed by atoms with Gasteiger partial charge in [0.2, 0.25) is 9.84 Å². The molecule has 0 aliphatic carbocycles. The van der Waals surface area contributed by atoms with E-state index in [2.05, 4.69) is 10.6 Å². The van der Waals surface area contributed by atoms with Crippen molar-refractivity contribution < 1.29 is 18.1 Å². The molecule has 25 heavy (non-hydrogen) atoms. The van der Waals surface area contributed by atoms with Crippen LogP contribution in [0.25, 0.3) is 0 Å². The molecule has 8 nitrogen and oxygen atoms in total. The number of hydrogen-bond acceptors (Lipinski definition) is 6. The van der Waals surface area contributed by atoms with Gasteiger partial charge in [-0.2, -0.15) is 0 Å². The predicted octanol–water partition coefficient (Wildman–Crippen LogP) is 1.97. The van der Waals surface area contributed by atoms with Crippen molar-refractivity contribution in [3.8, 4) is 0 Å². The Labute approximate surface area is 143 Å². The minimum atomic E-state index is -4.13. The summed E-state index contributed by atoms with van der Waals surface area (Å²) in [5, 5.41) is 16.7. The van der Waals surface area contributed by atoms with Gasteiger partial charge in [0.15, 0.2) is 0 Å². The van der Waals surface area contributed by atoms with Gasteiger partial charge in [0.25, 0.3) is 11.6 Å². The van der Waals surface area contributed by atoms with Crippen LogP contribution in [0.1, 0.15) is 16.8 Å². The molecule has 2 aromatic carbocycles. The van der Waals surface area contributed by atoms with Crippen LogP contribution in [0.4, 0.5) is 11.4 Å². The van der Waals surface area contributed by atoms with Gasteiger partial charge >= 0.3 is 0 Å². The van der Waals surface area contributed by atoms with Gasteiger partial charge in [0.05, 0.1) is 21.1 Å². The molecule has 0 spiro atoms. The molecule has 0 aromatic heterocycles. The summed E-state index contributed by atoms with van der Waals surface area (Å²) < 4.78 is 26.2. The molecule has 3 rings (SSSR count). The van der Waals surface area contributed by atoms with Crippen molar-refractivity contribution in [3.05, 3.63) is 58.1 Å². The van der Waals surface area contributed by atoms with E-state index in [1.807, 2.05) is 0 Å². The first kappa shape index (κ1) is 16.9. The van der Waals surface area contributed by atoms with Gasteiger partial charge in [0.1, 0.15) is 4.90 Å². The number of nitrogens with zero attached hydrogens (tertiary/aromatic N) is 1. The van der Waals surface area contributed by atoms with Crippen LogP contribution in [0.2, 0.25) is 0 Å². The summed E-state index contributed by atoms with van der Waals surface area (Å²) in [6.45, 7) is 0.791. The minimum Gasteiger partial charge on any atom is -0.384 e. The summed E-state index contributed by atoms with van der Waals surface area (Å²) in [6.07, 6.45) is 0.574. The second-order valence-corrected chi connectivity index (χ2v) is 7.36. The number of sulfone groups is 1. The van der Waals surface area contributed by atoms with E-state index in [4.69, 9.17) is 0 Å². The second kappa shape index (κ2) is 6.52. The number of nitro groups is 1. The fraction of sp³-hybridized carbons (Fsp3) is 0.188. The molecule has 1 amide bonds. The van der Waals surface area contributed by atoms with E-state index in [9.17, 15) is 23.3 Å². The van der Waals surface area contributed by atoms with Gasteiger partial charge in [0, 0.05) is 25.2 Å². The van der Waals surface area contributed by atoms with Crippen molar-refractivity contribution in [3.63, 3.8) is 0 Å². The highest BCUT2D eigenvalue weighted by Gasteiger charge is 2.28. The van der Waals surface area contributed by atoms with Crippen molar-refractivity contribution in [2.24, 2.45) is 0 Å². The molecule has 2 aromatic rings. The number of hydrogen-bond donors (Lipinski definition) is 2. The first-order valence-electron chi connectivity index (χ1n) is 7.56. The van der Waals surface area contributed by atoms with Gasteiger partial charge in [-0.15, -0.1) is 0 Å². The maximum Gasteiger partial charge on any atom is 0.270 e. The number of amides is 1. The van der Waals surface area contributed by atoms with E-state index in [1.165, 1.54) is 30.3 Å². The normalized spacial score (nSPS) is 16.4. The maximum absolute atomic E-state index is 13.1. The van der Waals surface area contributed by atoms with E-state index in [1.54, 1.807) is 6.07 Å². The number of nitro benzene ring substituents is 1. The predicted molar refractivity (Wildman–Crippen MR) is 90.4 cm³/mol. The van der Waals surface area contributed by atoms with Crippen LogP contribution >= 0.6 is 0 Å². The number of fused-ring (bicyclic) bond motifs is 2. The number of carbonyl (C=O) groups is 1. The monoisotopic (exact) mass is 361 g/mol. The second-order valence-electron chi connectivity index (χ2n) is 5.47. The van der Waals surface area contributed by atoms with Crippen molar-refractivity contribution in [2.45, 2.75) is 16.2 Å². The molecular weight excluding hydrogens is 346 g/mol. The number of carbonyl (C=O) groups excluding carboxylic acids is 1. The fourth-order valence-corrected chi connectivity index (χ4v) is 4.26. The Morgan fingerprint density at radius 3 is 2.48 bits per heavy atom. The molecular formula is C16H15N3O5S. The SMILES string of the molecule is O=C1NCCCNc2ccc([N+](=O)[O-])cc2S(=O)(=O)c2ccccc21. The first-order valence-corrected chi connectivity index (χ1v) is 9.04. The van der Waals surface area contributed by atoms with Gasteiger partial charge in [-0.25, -0.2) is 8.42 Å². The molecule has 130 valence electrons. The molecule has 0 bridgehead atoms. The summed E-state index contributed by atoms with van der Waals surface area (Å²) in [5.41, 5.74) is -0.0439. The standard InChI is InChI=1S/C16H15N3O5S/c20-16-12-4-1-2-5-14(12)25(23,24)15-10-11(19(21)22)6-7-13(15)17-8-3-9-18-16/h1-2,4-7,10,17H,3,8-9H2,(H,18,20). The average molecular weight is 361 g/mol. The highest BCUT2D eigenvalue weighted by Crippen LogP contribution is 2.33. The van der Waals surface area contributed by atoms with Crippen LogP contribution in [0.5, 0.6) is 0 Å². The third-order valence-electron chi connectivity index (χ3n) is 3.84. The fourth-order valence-electron chi connectivity index (χ4n) is 2.61. The Bertz CT molecular complexity index is 956. The lowest BCUT2D eigenvalue weighted by Gasteiger charge is -2.13. The molecule has 9 heteroatoms. The minimum absolute atomic E-state index is 0.0156. The summed E-state index contributed by atoms with van der Waals surface area (Å²) in [4.78, 5) is 22.3. The highest BCUT2D eigenvalue weighted by atomic mass is 32.2. The number of non-ortho nitro benzene ring substituents is 1. The number of benzene rings is 2. The molecule has 0 unspecified atom stereocenters. The average Bonchev–Trinajstić information content (AvgIpc) is 2.62. The first-order chi connectivity index (χ1) is 11.9. The van der Waals surface area contributed by atoms with Crippen molar-refractivity contribution in [1.29, 1.82) is 0 Å². The maximum atomic E-state index is 13.1. The van der Waals surface area contributed by atoms with E-state index in [0.29, 0.717) is 19.5 Å². The smallest absolute Gasteiger partial charge is 0.270 e. The number of nitrogens with one attached hydrogen (secondary N) is 2. The molecule has 0 atom stereocenters. The molecule has 1 aliphatic heterocycles. The molecule has 0 radical (unpaired) electrons. The molecule has 0 saturated heterocycles. The Morgan fingerprint density at radius 2 is 1.72 bits per heavy atom. The Morgan fingerprint density at radius 1 is 1.00 bits per heavy atom. The quantitative estimate of drug-likeness (QED) is 0.592. The Balaban J connectivity index is 2.29. The van der Waals surface area contributed by atoms with E-state index < -0.39 is 20.7 Å². The third kappa shape index (κ3) is 3.18. The largest absolute Gasteiger partial charge is 0.384 e. The zero-order valence-electron chi connectivity index (χ0n) is 13.1.